The molecule has 2 rings (SSSR count). The molecule has 1 amide bonds. The van der Waals surface area contributed by atoms with Gasteiger partial charge in [0.1, 0.15) is 11.9 Å². The average molecular weight is 334 g/mol. The Hall–Kier alpha value is -1.59. The van der Waals surface area contributed by atoms with Crippen LogP contribution in [-0.2, 0) is 9.53 Å². The van der Waals surface area contributed by atoms with E-state index in [1.807, 2.05) is 6.07 Å². The smallest absolute Gasteiger partial charge is 0.248 e. The topological polar surface area (TPSA) is 50.8 Å². The Balaban J connectivity index is 1.73. The van der Waals surface area contributed by atoms with Crippen molar-refractivity contribution in [2.75, 3.05) is 33.4 Å². The molecule has 1 aliphatic rings. The van der Waals surface area contributed by atoms with Gasteiger partial charge >= 0.3 is 0 Å². The molecule has 1 saturated heterocycles. The highest BCUT2D eigenvalue weighted by atomic mass is 16.5. The zero-order chi connectivity index (χ0) is 17.4. The van der Waals surface area contributed by atoms with Crippen molar-refractivity contribution in [1.82, 2.24) is 10.2 Å². The number of methoxy groups -OCH3 is 1. The summed E-state index contributed by atoms with van der Waals surface area (Å²) in [6.45, 7) is 7.55. The maximum absolute atomic E-state index is 11.6. The summed E-state index contributed by atoms with van der Waals surface area (Å²) >= 11 is 0. The Morgan fingerprint density at radius 1 is 1.29 bits per heavy atom. The molecule has 134 valence electrons. The minimum absolute atomic E-state index is 0.0843. The van der Waals surface area contributed by atoms with E-state index >= 15 is 0 Å². The molecule has 5 heteroatoms. The second kappa shape index (κ2) is 9.64. The van der Waals surface area contributed by atoms with Crippen LogP contribution < -0.4 is 10.1 Å². The highest BCUT2D eigenvalue weighted by molar-refractivity contribution is 5.80. The van der Waals surface area contributed by atoms with Crippen molar-refractivity contribution in [2.45, 2.75) is 45.3 Å². The van der Waals surface area contributed by atoms with Crippen LogP contribution >= 0.6 is 0 Å². The molecule has 1 N–H and O–H groups in total. The number of rotatable bonds is 9. The summed E-state index contributed by atoms with van der Waals surface area (Å²) in [7, 11) is 1.53. The lowest BCUT2D eigenvalue weighted by molar-refractivity contribution is -0.130. The fraction of sp³-hybridized carbons (Fsp3) is 0.632. The van der Waals surface area contributed by atoms with E-state index in [4.69, 9.17) is 9.47 Å². The van der Waals surface area contributed by atoms with E-state index in [0.29, 0.717) is 19.2 Å². The van der Waals surface area contributed by atoms with Crippen LogP contribution in [-0.4, -0.2) is 50.3 Å². The van der Waals surface area contributed by atoms with Crippen LogP contribution in [0.25, 0.3) is 0 Å². The summed E-state index contributed by atoms with van der Waals surface area (Å²) in [5, 5.41) is 2.84. The third-order valence-electron chi connectivity index (χ3n) is 4.64. The molecule has 0 aromatic heterocycles. The van der Waals surface area contributed by atoms with Gasteiger partial charge in [-0.3, -0.25) is 9.69 Å². The van der Waals surface area contributed by atoms with Crippen LogP contribution in [0.2, 0.25) is 0 Å². The summed E-state index contributed by atoms with van der Waals surface area (Å²) < 4.78 is 10.8. The highest BCUT2D eigenvalue weighted by Crippen LogP contribution is 2.26. The molecule has 2 atom stereocenters. The number of hydrogen-bond acceptors (Lipinski definition) is 4. The van der Waals surface area contributed by atoms with E-state index in [9.17, 15) is 4.79 Å². The molecule has 0 aliphatic carbocycles. The molecular weight excluding hydrogens is 304 g/mol. The molecule has 0 radical (unpaired) electrons. The maximum Gasteiger partial charge on any atom is 0.248 e. The van der Waals surface area contributed by atoms with Crippen molar-refractivity contribution in [2.24, 2.45) is 0 Å². The third-order valence-corrected chi connectivity index (χ3v) is 4.64. The van der Waals surface area contributed by atoms with Crippen LogP contribution in [0.4, 0.5) is 0 Å². The number of nitrogens with one attached hydrogen (secondary N) is 1. The number of nitrogens with zero attached hydrogens (tertiary/aromatic N) is 1. The second-order valence-corrected chi connectivity index (χ2v) is 6.36. The first-order valence-electron chi connectivity index (χ1n) is 8.89. The normalized spacial score (nSPS) is 17.5. The zero-order valence-corrected chi connectivity index (χ0v) is 15.1. The van der Waals surface area contributed by atoms with Crippen molar-refractivity contribution in [3.8, 4) is 5.75 Å². The van der Waals surface area contributed by atoms with Gasteiger partial charge in [0.25, 0.3) is 0 Å². The van der Waals surface area contributed by atoms with Crippen LogP contribution in [0.5, 0.6) is 5.75 Å². The Bertz CT molecular complexity index is 515. The standard InChI is InChI=1S/C19H30N2O3/c1-15(21-11-4-5-12-21)17-8-6-9-18(14-17)24-13-7-10-20-19(22)16(2)23-3/h6,8-9,14-16H,4-5,7,10-13H2,1-3H3,(H,20,22). The van der Waals surface area contributed by atoms with E-state index in [0.717, 1.165) is 12.2 Å². The van der Waals surface area contributed by atoms with Crippen LogP contribution in [0, 0.1) is 0 Å². The summed E-state index contributed by atoms with van der Waals surface area (Å²) in [5.41, 5.74) is 1.30. The molecule has 1 aliphatic heterocycles. The minimum Gasteiger partial charge on any atom is -0.494 e. The van der Waals surface area contributed by atoms with Gasteiger partial charge in [-0.15, -0.1) is 0 Å². The lowest BCUT2D eigenvalue weighted by Gasteiger charge is -2.24. The van der Waals surface area contributed by atoms with Crippen LogP contribution in [0.3, 0.4) is 0 Å². The molecule has 1 heterocycles. The number of benzene rings is 1. The van der Waals surface area contributed by atoms with E-state index < -0.39 is 6.10 Å². The lowest BCUT2D eigenvalue weighted by Crippen LogP contribution is -2.34. The second-order valence-electron chi connectivity index (χ2n) is 6.36. The van der Waals surface area contributed by atoms with Gasteiger partial charge in [-0.25, -0.2) is 0 Å². The van der Waals surface area contributed by atoms with Gasteiger partial charge in [-0.05, 0) is 63.9 Å². The molecule has 0 saturated carbocycles. The van der Waals surface area contributed by atoms with Gasteiger partial charge in [0, 0.05) is 19.7 Å². The molecule has 1 aromatic carbocycles. The molecule has 2 unspecified atom stereocenters. The predicted octanol–water partition coefficient (Wildman–Crippen LogP) is 2.76. The maximum atomic E-state index is 11.6. The summed E-state index contributed by atoms with van der Waals surface area (Å²) in [6.07, 6.45) is 2.96. The minimum atomic E-state index is -0.408. The van der Waals surface area contributed by atoms with Crippen molar-refractivity contribution < 1.29 is 14.3 Å². The van der Waals surface area contributed by atoms with E-state index in [-0.39, 0.29) is 5.91 Å². The number of hydrogen-bond donors (Lipinski definition) is 1. The number of amides is 1. The summed E-state index contributed by atoms with van der Waals surface area (Å²) in [5.74, 6) is 0.814. The van der Waals surface area contributed by atoms with Gasteiger partial charge < -0.3 is 14.8 Å². The first-order chi connectivity index (χ1) is 11.6. The summed E-state index contributed by atoms with van der Waals surface area (Å²) in [6, 6.07) is 8.79. The number of carbonyl (C=O) groups is 1. The van der Waals surface area contributed by atoms with Crippen LogP contribution in [0.1, 0.15) is 44.7 Å². The molecule has 1 aromatic rings. The van der Waals surface area contributed by atoms with Crippen molar-refractivity contribution in [3.63, 3.8) is 0 Å². The van der Waals surface area contributed by atoms with E-state index in [2.05, 4.69) is 35.3 Å². The van der Waals surface area contributed by atoms with E-state index in [1.54, 1.807) is 6.92 Å². The van der Waals surface area contributed by atoms with Gasteiger partial charge in [0.05, 0.1) is 6.61 Å². The Labute approximate surface area is 145 Å². The van der Waals surface area contributed by atoms with Crippen molar-refractivity contribution in [1.29, 1.82) is 0 Å². The van der Waals surface area contributed by atoms with Crippen molar-refractivity contribution >= 4 is 5.91 Å². The van der Waals surface area contributed by atoms with Gasteiger partial charge in [0.2, 0.25) is 5.91 Å². The SMILES string of the molecule is COC(C)C(=O)NCCCOc1cccc(C(C)N2CCCC2)c1. The summed E-state index contributed by atoms with van der Waals surface area (Å²) in [4.78, 5) is 14.1. The van der Waals surface area contributed by atoms with Gasteiger partial charge in [0.15, 0.2) is 0 Å². The molecule has 5 nitrogen and oxygen atoms in total. The highest BCUT2D eigenvalue weighted by Gasteiger charge is 2.19. The van der Waals surface area contributed by atoms with Crippen LogP contribution in [0.15, 0.2) is 24.3 Å². The Morgan fingerprint density at radius 2 is 2.04 bits per heavy atom. The largest absolute Gasteiger partial charge is 0.494 e. The third kappa shape index (κ3) is 5.49. The molecule has 24 heavy (non-hydrogen) atoms. The first kappa shape index (κ1) is 18.7. The van der Waals surface area contributed by atoms with E-state index in [1.165, 1.54) is 38.6 Å². The molecule has 0 bridgehead atoms. The van der Waals surface area contributed by atoms with Crippen molar-refractivity contribution in [3.05, 3.63) is 29.8 Å². The molecule has 1 fully saturated rings. The molecular formula is C19H30N2O3. The first-order valence-corrected chi connectivity index (χ1v) is 8.89. The number of carbonyl (C=O) groups excluding carboxylic acids is 1. The Kier molecular flexibility index (Phi) is 7.53. The molecule has 0 spiro atoms. The number of likely N-dealkylation sites (tertiary alicyclic amines) is 1. The average Bonchev–Trinajstić information content (AvgIpc) is 3.14. The predicted molar refractivity (Wildman–Crippen MR) is 95.3 cm³/mol. The monoisotopic (exact) mass is 334 g/mol. The fourth-order valence-electron chi connectivity index (χ4n) is 2.93. The van der Waals surface area contributed by atoms with Gasteiger partial charge in [-0.1, -0.05) is 12.1 Å². The number of ether oxygens (including phenoxy) is 2. The Morgan fingerprint density at radius 3 is 2.75 bits per heavy atom. The quantitative estimate of drug-likeness (QED) is 0.706. The lowest BCUT2D eigenvalue weighted by atomic mass is 10.1. The fourth-order valence-corrected chi connectivity index (χ4v) is 2.93. The zero-order valence-electron chi connectivity index (χ0n) is 15.1. The van der Waals surface area contributed by atoms with Gasteiger partial charge in [-0.2, -0.15) is 0 Å².